The van der Waals surface area contributed by atoms with E-state index in [1.54, 1.807) is 23.3 Å². The number of nitrogens with zero attached hydrogens (tertiary/aromatic N) is 5. The normalized spacial score (nSPS) is 10.6. The first kappa shape index (κ1) is 11.7. The lowest BCUT2D eigenvalue weighted by atomic mass is 10.2. The number of hydrogen-bond donors (Lipinski definition) is 1. The molecule has 17 heavy (non-hydrogen) atoms. The molecule has 0 bridgehead atoms. The van der Waals surface area contributed by atoms with Crippen LogP contribution in [0.4, 0.5) is 0 Å². The second-order valence-electron chi connectivity index (χ2n) is 3.85. The highest BCUT2D eigenvalue weighted by molar-refractivity contribution is 4.98. The van der Waals surface area contributed by atoms with Crippen LogP contribution in [0.2, 0.25) is 0 Å². The van der Waals surface area contributed by atoms with Crippen LogP contribution in [0.25, 0.3) is 0 Å². The lowest BCUT2D eigenvalue weighted by Gasteiger charge is -1.97. The fourth-order valence-corrected chi connectivity index (χ4v) is 1.56. The van der Waals surface area contributed by atoms with Crippen LogP contribution >= 0.6 is 0 Å². The van der Waals surface area contributed by atoms with Gasteiger partial charge in [-0.15, -0.1) is 5.10 Å². The summed E-state index contributed by atoms with van der Waals surface area (Å²) in [7, 11) is 0. The van der Waals surface area contributed by atoms with Gasteiger partial charge in [-0.05, 0) is 25.8 Å². The number of rotatable bonds is 6. The molecule has 90 valence electrons. The van der Waals surface area contributed by atoms with E-state index < -0.39 is 0 Å². The fourth-order valence-electron chi connectivity index (χ4n) is 1.56. The smallest absolute Gasteiger partial charge is 0.0864 e. The Morgan fingerprint density at radius 3 is 2.88 bits per heavy atom. The van der Waals surface area contributed by atoms with E-state index >= 15 is 0 Å². The molecule has 0 aliphatic heterocycles. The highest BCUT2D eigenvalue weighted by atomic mass is 15.4. The van der Waals surface area contributed by atoms with E-state index in [4.69, 9.17) is 5.73 Å². The van der Waals surface area contributed by atoms with Crippen molar-refractivity contribution < 1.29 is 0 Å². The van der Waals surface area contributed by atoms with Gasteiger partial charge in [-0.25, -0.2) is 4.68 Å². The van der Waals surface area contributed by atoms with Crippen molar-refractivity contribution in [3.05, 3.63) is 36.2 Å². The van der Waals surface area contributed by atoms with Crippen LogP contribution < -0.4 is 5.73 Å². The van der Waals surface area contributed by atoms with Gasteiger partial charge >= 0.3 is 0 Å². The van der Waals surface area contributed by atoms with Gasteiger partial charge in [0.05, 0.1) is 24.1 Å². The van der Waals surface area contributed by atoms with Crippen LogP contribution in [0.3, 0.4) is 0 Å². The average Bonchev–Trinajstić information content (AvgIpc) is 2.79. The first-order valence-electron chi connectivity index (χ1n) is 5.72. The third kappa shape index (κ3) is 3.60. The van der Waals surface area contributed by atoms with Gasteiger partial charge in [0.1, 0.15) is 0 Å². The number of nitrogens with two attached hydrogens (primary N) is 1. The molecule has 2 heterocycles. The van der Waals surface area contributed by atoms with Gasteiger partial charge < -0.3 is 5.73 Å². The molecule has 0 amide bonds. The monoisotopic (exact) mass is 232 g/mol. The first-order chi connectivity index (χ1) is 8.38. The molecule has 0 radical (unpaired) electrons. The van der Waals surface area contributed by atoms with E-state index in [-0.39, 0.29) is 0 Å². The number of aromatic nitrogens is 5. The second kappa shape index (κ2) is 6.05. The molecule has 0 fully saturated rings. The summed E-state index contributed by atoms with van der Waals surface area (Å²) in [6.07, 6.45) is 10.0. The minimum Gasteiger partial charge on any atom is -0.330 e. The molecular formula is C11H16N6. The Balaban J connectivity index is 1.90. The third-order valence-corrected chi connectivity index (χ3v) is 2.41. The molecule has 2 aromatic rings. The van der Waals surface area contributed by atoms with Gasteiger partial charge in [-0.2, -0.15) is 0 Å². The van der Waals surface area contributed by atoms with Gasteiger partial charge in [-0.3, -0.25) is 9.97 Å². The zero-order valence-corrected chi connectivity index (χ0v) is 9.66. The van der Waals surface area contributed by atoms with Crippen molar-refractivity contribution >= 4 is 0 Å². The fraction of sp³-hybridized carbons (Fsp3) is 0.455. The lowest BCUT2D eigenvalue weighted by Crippen LogP contribution is -2.02. The van der Waals surface area contributed by atoms with E-state index in [9.17, 15) is 0 Å². The van der Waals surface area contributed by atoms with Crippen molar-refractivity contribution in [1.82, 2.24) is 25.0 Å². The van der Waals surface area contributed by atoms with Crippen molar-refractivity contribution in [1.29, 1.82) is 0 Å². The maximum absolute atomic E-state index is 5.44. The number of aryl methyl sites for hydroxylation is 1. The molecule has 0 saturated heterocycles. The zero-order valence-electron chi connectivity index (χ0n) is 9.66. The number of hydrogen-bond acceptors (Lipinski definition) is 5. The summed E-state index contributed by atoms with van der Waals surface area (Å²) in [5.41, 5.74) is 7.33. The summed E-state index contributed by atoms with van der Waals surface area (Å²) in [6, 6.07) is 0. The second-order valence-corrected chi connectivity index (χ2v) is 3.85. The summed E-state index contributed by atoms with van der Waals surface area (Å²) in [5.74, 6) is 0. The van der Waals surface area contributed by atoms with Crippen molar-refractivity contribution in [2.75, 3.05) is 6.54 Å². The summed E-state index contributed by atoms with van der Waals surface area (Å²) >= 11 is 0. The minimum atomic E-state index is 0.609. The largest absolute Gasteiger partial charge is 0.330 e. The zero-order chi connectivity index (χ0) is 11.9. The van der Waals surface area contributed by atoms with Crippen molar-refractivity contribution in [2.45, 2.75) is 25.8 Å². The van der Waals surface area contributed by atoms with E-state index in [0.717, 1.165) is 37.2 Å². The predicted molar refractivity (Wildman–Crippen MR) is 63.1 cm³/mol. The van der Waals surface area contributed by atoms with E-state index in [0.29, 0.717) is 6.54 Å². The molecule has 0 unspecified atom stereocenters. The van der Waals surface area contributed by atoms with Gasteiger partial charge in [0.2, 0.25) is 0 Å². The first-order valence-corrected chi connectivity index (χ1v) is 5.72. The molecule has 0 aliphatic carbocycles. The maximum atomic E-state index is 5.44. The van der Waals surface area contributed by atoms with Crippen LogP contribution in [0, 0.1) is 0 Å². The van der Waals surface area contributed by atoms with Gasteiger partial charge in [0, 0.05) is 18.6 Å². The Kier molecular flexibility index (Phi) is 4.15. The van der Waals surface area contributed by atoms with Crippen LogP contribution in [0.15, 0.2) is 24.8 Å². The average molecular weight is 232 g/mol. The van der Waals surface area contributed by atoms with Crippen LogP contribution in [0.1, 0.15) is 24.2 Å². The van der Waals surface area contributed by atoms with Gasteiger partial charge in [0.25, 0.3) is 0 Å². The standard InChI is InChI=1S/C11H16N6/c12-4-2-1-3-10-8-17(16-15-10)9-11-7-13-5-6-14-11/h5-8H,1-4,9,12H2. The highest BCUT2D eigenvalue weighted by Gasteiger charge is 2.02. The molecule has 6 nitrogen and oxygen atoms in total. The molecule has 2 aromatic heterocycles. The Hall–Kier alpha value is -1.82. The van der Waals surface area contributed by atoms with E-state index in [1.165, 1.54) is 0 Å². The molecule has 0 saturated carbocycles. The Bertz CT molecular complexity index is 438. The SMILES string of the molecule is NCCCCc1cn(Cc2cnccn2)nn1. The highest BCUT2D eigenvalue weighted by Crippen LogP contribution is 2.02. The molecule has 0 atom stereocenters. The lowest BCUT2D eigenvalue weighted by molar-refractivity contribution is 0.635. The third-order valence-electron chi connectivity index (χ3n) is 2.41. The topological polar surface area (TPSA) is 82.5 Å². The Labute approximate surface area is 99.9 Å². The van der Waals surface area contributed by atoms with Gasteiger partial charge in [-0.1, -0.05) is 5.21 Å². The predicted octanol–water partition coefficient (Wildman–Crippen LogP) is 0.398. The van der Waals surface area contributed by atoms with Gasteiger partial charge in [0.15, 0.2) is 0 Å². The van der Waals surface area contributed by atoms with Crippen molar-refractivity contribution in [2.24, 2.45) is 5.73 Å². The molecular weight excluding hydrogens is 216 g/mol. The summed E-state index contributed by atoms with van der Waals surface area (Å²) in [5, 5.41) is 8.17. The van der Waals surface area contributed by atoms with E-state index in [2.05, 4.69) is 20.3 Å². The molecule has 2 N–H and O–H groups in total. The van der Waals surface area contributed by atoms with Crippen LogP contribution in [-0.2, 0) is 13.0 Å². The van der Waals surface area contributed by atoms with Crippen molar-refractivity contribution in [3.63, 3.8) is 0 Å². The van der Waals surface area contributed by atoms with Crippen LogP contribution in [-0.4, -0.2) is 31.5 Å². The summed E-state index contributed by atoms with van der Waals surface area (Å²) in [4.78, 5) is 8.20. The molecule has 0 aliphatic rings. The molecule has 0 spiro atoms. The molecule has 6 heteroatoms. The van der Waals surface area contributed by atoms with Crippen LogP contribution in [0.5, 0.6) is 0 Å². The molecule has 2 rings (SSSR count). The summed E-state index contributed by atoms with van der Waals surface area (Å²) in [6.45, 7) is 1.34. The van der Waals surface area contributed by atoms with Crippen molar-refractivity contribution in [3.8, 4) is 0 Å². The quantitative estimate of drug-likeness (QED) is 0.729. The number of unbranched alkanes of at least 4 members (excludes halogenated alkanes) is 1. The Morgan fingerprint density at radius 2 is 2.12 bits per heavy atom. The molecule has 0 aromatic carbocycles. The minimum absolute atomic E-state index is 0.609. The maximum Gasteiger partial charge on any atom is 0.0864 e. The Morgan fingerprint density at radius 1 is 1.18 bits per heavy atom. The van der Waals surface area contributed by atoms with E-state index in [1.807, 2.05) is 6.20 Å². The summed E-state index contributed by atoms with van der Waals surface area (Å²) < 4.78 is 1.78.